The highest BCUT2D eigenvalue weighted by Crippen LogP contribution is 2.29. The van der Waals surface area contributed by atoms with E-state index in [1.54, 1.807) is 12.3 Å². The number of rotatable bonds is 7. The predicted octanol–water partition coefficient (Wildman–Crippen LogP) is 3.00. The topological polar surface area (TPSA) is 86.9 Å². The molecule has 0 unspecified atom stereocenters. The Morgan fingerprint density at radius 2 is 2.07 bits per heavy atom. The van der Waals surface area contributed by atoms with Crippen LogP contribution in [0.2, 0.25) is 0 Å². The second-order valence-electron chi connectivity index (χ2n) is 6.60. The lowest BCUT2D eigenvalue weighted by atomic mass is 10.1. The van der Waals surface area contributed by atoms with Crippen LogP contribution in [0.3, 0.4) is 0 Å². The Morgan fingerprint density at radius 1 is 1.19 bits per heavy atom. The smallest absolute Gasteiger partial charge is 0.261 e. The van der Waals surface area contributed by atoms with Gasteiger partial charge >= 0.3 is 0 Å². The van der Waals surface area contributed by atoms with E-state index >= 15 is 0 Å². The minimum Gasteiger partial charge on any atom is -0.352 e. The van der Waals surface area contributed by atoms with Gasteiger partial charge in [0.05, 0.1) is 11.1 Å². The van der Waals surface area contributed by atoms with Crippen LogP contribution in [0, 0.1) is 0 Å². The van der Waals surface area contributed by atoms with Crippen LogP contribution in [-0.4, -0.2) is 34.6 Å². The maximum absolute atomic E-state index is 12.4. The van der Waals surface area contributed by atoms with Crippen LogP contribution in [0.4, 0.5) is 0 Å². The third kappa shape index (κ3) is 4.43. The molecule has 0 radical (unpaired) electrons. The van der Waals surface area contributed by atoms with Crippen molar-refractivity contribution in [3.63, 3.8) is 0 Å². The SMILES string of the molecule is O=C(NCCc1cn[nH]c1)c1cccc(-c2ccc(C(=O)NC3CC3)s2)c1. The van der Waals surface area contributed by atoms with E-state index in [1.807, 2.05) is 36.5 Å². The molecule has 0 aliphatic heterocycles. The minimum atomic E-state index is -0.108. The molecule has 0 spiro atoms. The second-order valence-corrected chi connectivity index (χ2v) is 7.69. The monoisotopic (exact) mass is 380 g/mol. The van der Waals surface area contributed by atoms with E-state index in [2.05, 4.69) is 20.8 Å². The molecule has 4 rings (SSSR count). The van der Waals surface area contributed by atoms with E-state index in [9.17, 15) is 9.59 Å². The van der Waals surface area contributed by atoms with Crippen molar-refractivity contribution in [2.24, 2.45) is 0 Å². The summed E-state index contributed by atoms with van der Waals surface area (Å²) in [6, 6.07) is 11.6. The molecule has 138 valence electrons. The van der Waals surface area contributed by atoms with Crippen LogP contribution in [0.15, 0.2) is 48.8 Å². The molecule has 7 heteroatoms. The highest BCUT2D eigenvalue weighted by molar-refractivity contribution is 7.17. The molecule has 3 aromatic rings. The largest absolute Gasteiger partial charge is 0.352 e. The molecular formula is C20H20N4O2S. The summed E-state index contributed by atoms with van der Waals surface area (Å²) in [5.74, 6) is -0.120. The lowest BCUT2D eigenvalue weighted by molar-refractivity contribution is 0.0946. The average Bonchev–Trinajstić information content (AvgIpc) is 3.14. The molecule has 2 aromatic heterocycles. The standard InChI is InChI=1S/C20H20N4O2S/c25-19(21-9-8-13-11-22-23-12-13)15-3-1-2-14(10-15)17-6-7-18(27-17)20(26)24-16-4-5-16/h1-3,6-7,10-12,16H,4-5,8-9H2,(H,21,25)(H,22,23)(H,24,26). The van der Waals surface area contributed by atoms with Crippen LogP contribution < -0.4 is 10.6 Å². The van der Waals surface area contributed by atoms with Crippen LogP contribution >= 0.6 is 11.3 Å². The molecule has 1 aliphatic rings. The number of aromatic amines is 1. The molecule has 1 aromatic carbocycles. The van der Waals surface area contributed by atoms with E-state index in [0.717, 1.165) is 35.3 Å². The number of hydrogen-bond acceptors (Lipinski definition) is 4. The van der Waals surface area contributed by atoms with Crippen molar-refractivity contribution >= 4 is 23.2 Å². The van der Waals surface area contributed by atoms with E-state index < -0.39 is 0 Å². The van der Waals surface area contributed by atoms with Gasteiger partial charge in [0.1, 0.15) is 0 Å². The van der Waals surface area contributed by atoms with Gasteiger partial charge in [0, 0.05) is 29.2 Å². The molecule has 0 atom stereocenters. The lowest BCUT2D eigenvalue weighted by Gasteiger charge is -2.06. The van der Waals surface area contributed by atoms with Crippen molar-refractivity contribution in [3.8, 4) is 10.4 Å². The highest BCUT2D eigenvalue weighted by Gasteiger charge is 2.24. The zero-order valence-electron chi connectivity index (χ0n) is 14.7. The van der Waals surface area contributed by atoms with E-state index in [-0.39, 0.29) is 11.8 Å². The number of H-pyrrole nitrogens is 1. The summed E-state index contributed by atoms with van der Waals surface area (Å²) in [6.07, 6.45) is 6.44. The molecule has 1 saturated carbocycles. The molecule has 3 N–H and O–H groups in total. The normalized spacial score (nSPS) is 13.3. The molecule has 27 heavy (non-hydrogen) atoms. The van der Waals surface area contributed by atoms with Crippen LogP contribution in [0.1, 0.15) is 38.4 Å². The van der Waals surface area contributed by atoms with E-state index in [4.69, 9.17) is 0 Å². The molecule has 1 aliphatic carbocycles. The van der Waals surface area contributed by atoms with Gasteiger partial charge in [-0.1, -0.05) is 12.1 Å². The number of nitrogens with zero attached hydrogens (tertiary/aromatic N) is 1. The van der Waals surface area contributed by atoms with Crippen LogP contribution in [-0.2, 0) is 6.42 Å². The van der Waals surface area contributed by atoms with Gasteiger partial charge in [-0.25, -0.2) is 0 Å². The van der Waals surface area contributed by atoms with E-state index in [0.29, 0.717) is 23.0 Å². The van der Waals surface area contributed by atoms with Gasteiger partial charge in [-0.05, 0) is 54.7 Å². The Kier molecular flexibility index (Phi) is 5.02. The quantitative estimate of drug-likeness (QED) is 0.589. The van der Waals surface area contributed by atoms with Crippen molar-refractivity contribution in [2.45, 2.75) is 25.3 Å². The molecule has 1 fully saturated rings. The third-order valence-corrected chi connectivity index (χ3v) is 5.54. The number of carbonyl (C=O) groups is 2. The lowest BCUT2D eigenvalue weighted by Crippen LogP contribution is -2.25. The molecule has 2 heterocycles. The Labute approximate surface area is 161 Å². The van der Waals surface area contributed by atoms with Gasteiger partial charge in [0.25, 0.3) is 11.8 Å². The fourth-order valence-electron chi connectivity index (χ4n) is 2.75. The Bertz CT molecular complexity index is 945. The summed E-state index contributed by atoms with van der Waals surface area (Å²) in [4.78, 5) is 26.2. The van der Waals surface area contributed by atoms with Gasteiger partial charge in [-0.15, -0.1) is 11.3 Å². The maximum atomic E-state index is 12.4. The van der Waals surface area contributed by atoms with Crippen LogP contribution in [0.5, 0.6) is 0 Å². The molecule has 2 amide bonds. The average molecular weight is 380 g/mol. The number of hydrogen-bond donors (Lipinski definition) is 3. The fourth-order valence-corrected chi connectivity index (χ4v) is 3.66. The van der Waals surface area contributed by atoms with Crippen LogP contribution in [0.25, 0.3) is 10.4 Å². The summed E-state index contributed by atoms with van der Waals surface area (Å²) >= 11 is 1.45. The van der Waals surface area contributed by atoms with Gasteiger partial charge in [0.15, 0.2) is 0 Å². The first-order valence-electron chi connectivity index (χ1n) is 8.96. The number of carbonyl (C=O) groups excluding carboxylic acids is 2. The zero-order valence-corrected chi connectivity index (χ0v) is 15.5. The Hall–Kier alpha value is -2.93. The van der Waals surface area contributed by atoms with Gasteiger partial charge in [-0.3, -0.25) is 14.7 Å². The molecule has 0 bridgehead atoms. The van der Waals surface area contributed by atoms with Crippen molar-refractivity contribution in [1.82, 2.24) is 20.8 Å². The summed E-state index contributed by atoms with van der Waals surface area (Å²) in [7, 11) is 0. The van der Waals surface area contributed by atoms with Gasteiger partial charge in [-0.2, -0.15) is 5.10 Å². The summed E-state index contributed by atoms with van der Waals surface area (Å²) in [5, 5.41) is 12.6. The Balaban J connectivity index is 1.40. The van der Waals surface area contributed by atoms with Crippen molar-refractivity contribution in [3.05, 3.63) is 64.8 Å². The zero-order chi connectivity index (χ0) is 18.6. The Morgan fingerprint density at radius 3 is 2.85 bits per heavy atom. The van der Waals surface area contributed by atoms with Crippen molar-refractivity contribution in [2.75, 3.05) is 6.54 Å². The first-order valence-corrected chi connectivity index (χ1v) is 9.78. The van der Waals surface area contributed by atoms with Gasteiger partial charge in [0.2, 0.25) is 0 Å². The third-order valence-electron chi connectivity index (χ3n) is 4.41. The fraction of sp³-hybridized carbons (Fsp3) is 0.250. The first kappa shape index (κ1) is 17.5. The number of benzene rings is 1. The second kappa shape index (κ2) is 7.75. The summed E-state index contributed by atoms with van der Waals surface area (Å²) < 4.78 is 0. The van der Waals surface area contributed by atoms with Crippen molar-refractivity contribution in [1.29, 1.82) is 0 Å². The summed E-state index contributed by atoms with van der Waals surface area (Å²) in [5.41, 5.74) is 2.60. The first-order chi connectivity index (χ1) is 13.2. The molecule has 0 saturated heterocycles. The van der Waals surface area contributed by atoms with Crippen molar-refractivity contribution < 1.29 is 9.59 Å². The molecular weight excluding hydrogens is 360 g/mol. The number of thiophene rings is 1. The predicted molar refractivity (Wildman–Crippen MR) is 105 cm³/mol. The number of aromatic nitrogens is 2. The minimum absolute atomic E-state index is 0.0121. The molecule has 6 nitrogen and oxygen atoms in total. The number of nitrogens with one attached hydrogen (secondary N) is 3. The highest BCUT2D eigenvalue weighted by atomic mass is 32.1. The summed E-state index contributed by atoms with van der Waals surface area (Å²) in [6.45, 7) is 0.549. The number of amides is 2. The van der Waals surface area contributed by atoms with E-state index in [1.165, 1.54) is 11.3 Å². The maximum Gasteiger partial charge on any atom is 0.261 e. The van der Waals surface area contributed by atoms with Gasteiger partial charge < -0.3 is 10.6 Å².